The van der Waals surface area contributed by atoms with E-state index in [1.165, 1.54) is 24.3 Å². The smallest absolute Gasteiger partial charge is 0.251 e. The Morgan fingerprint density at radius 3 is 2.57 bits per heavy atom. The molecular formula is C15H21FN2O3. The third-order valence-electron chi connectivity index (χ3n) is 2.94. The molecule has 0 aliphatic rings. The van der Waals surface area contributed by atoms with Crippen molar-refractivity contribution in [2.45, 2.75) is 32.2 Å². The molecule has 0 radical (unpaired) electrons. The Kier molecular flexibility index (Phi) is 7.39. The Labute approximate surface area is 123 Å². The fraction of sp³-hybridized carbons (Fsp3) is 0.467. The van der Waals surface area contributed by atoms with Crippen molar-refractivity contribution in [1.82, 2.24) is 10.6 Å². The van der Waals surface area contributed by atoms with Crippen LogP contribution >= 0.6 is 0 Å². The van der Waals surface area contributed by atoms with E-state index in [1.54, 1.807) is 0 Å². The monoisotopic (exact) mass is 296 g/mol. The number of halogens is 1. The maximum atomic E-state index is 12.7. The highest BCUT2D eigenvalue weighted by Crippen LogP contribution is 2.02. The van der Waals surface area contributed by atoms with E-state index in [0.29, 0.717) is 31.4 Å². The molecule has 0 spiro atoms. The quantitative estimate of drug-likeness (QED) is 0.631. The van der Waals surface area contributed by atoms with Gasteiger partial charge in [0.25, 0.3) is 5.91 Å². The highest BCUT2D eigenvalue weighted by Gasteiger charge is 2.08. The summed E-state index contributed by atoms with van der Waals surface area (Å²) in [5, 5.41) is 14.2. The minimum atomic E-state index is -0.389. The van der Waals surface area contributed by atoms with Gasteiger partial charge in [-0.05, 0) is 44.0 Å². The van der Waals surface area contributed by atoms with Gasteiger partial charge in [-0.25, -0.2) is 4.39 Å². The Hall–Kier alpha value is -1.95. The number of benzene rings is 1. The zero-order chi connectivity index (χ0) is 15.7. The third kappa shape index (κ3) is 6.85. The molecule has 0 saturated heterocycles. The molecule has 6 heteroatoms. The molecule has 0 aliphatic carbocycles. The molecule has 1 rings (SSSR count). The molecule has 1 aromatic carbocycles. The standard InChI is InChI=1S/C15H21FN2O3/c1-11(8-10-19)18-14(20)3-2-9-17-15(21)12-4-6-13(16)7-5-12/h4-7,11,19H,2-3,8-10H2,1H3,(H,17,21)(H,18,20). The van der Waals surface area contributed by atoms with Crippen LogP contribution in [0.1, 0.15) is 36.5 Å². The van der Waals surface area contributed by atoms with Gasteiger partial charge in [0, 0.05) is 31.2 Å². The maximum absolute atomic E-state index is 12.7. The van der Waals surface area contributed by atoms with Crippen LogP contribution in [0.25, 0.3) is 0 Å². The minimum Gasteiger partial charge on any atom is -0.396 e. The molecule has 1 unspecified atom stereocenters. The van der Waals surface area contributed by atoms with Crippen LogP contribution in [0.2, 0.25) is 0 Å². The molecule has 2 amide bonds. The number of rotatable bonds is 8. The van der Waals surface area contributed by atoms with Crippen molar-refractivity contribution in [3.8, 4) is 0 Å². The first kappa shape index (κ1) is 17.1. The number of hydrogen-bond donors (Lipinski definition) is 3. The topological polar surface area (TPSA) is 78.4 Å². The number of hydrogen-bond acceptors (Lipinski definition) is 3. The van der Waals surface area contributed by atoms with Crippen LogP contribution in [-0.2, 0) is 4.79 Å². The van der Waals surface area contributed by atoms with Gasteiger partial charge in [0.2, 0.25) is 5.91 Å². The Morgan fingerprint density at radius 1 is 1.29 bits per heavy atom. The zero-order valence-electron chi connectivity index (χ0n) is 12.1. The van der Waals surface area contributed by atoms with Crippen LogP contribution in [0.5, 0.6) is 0 Å². The van der Waals surface area contributed by atoms with Gasteiger partial charge in [-0.1, -0.05) is 0 Å². The average molecular weight is 296 g/mol. The first-order valence-electron chi connectivity index (χ1n) is 6.97. The van der Waals surface area contributed by atoms with Crippen LogP contribution in [0.3, 0.4) is 0 Å². The van der Waals surface area contributed by atoms with Crippen molar-refractivity contribution in [2.24, 2.45) is 0 Å². The van der Waals surface area contributed by atoms with E-state index in [2.05, 4.69) is 10.6 Å². The zero-order valence-corrected chi connectivity index (χ0v) is 12.1. The second kappa shape index (κ2) is 9.07. The van der Waals surface area contributed by atoms with Gasteiger partial charge in [-0.15, -0.1) is 0 Å². The Balaban J connectivity index is 2.20. The molecule has 3 N–H and O–H groups in total. The molecule has 1 aromatic rings. The first-order valence-corrected chi connectivity index (χ1v) is 6.97. The predicted molar refractivity (Wildman–Crippen MR) is 77.3 cm³/mol. The molecule has 21 heavy (non-hydrogen) atoms. The van der Waals surface area contributed by atoms with Crippen molar-refractivity contribution >= 4 is 11.8 Å². The van der Waals surface area contributed by atoms with Crippen LogP contribution < -0.4 is 10.6 Å². The normalized spacial score (nSPS) is 11.8. The number of carbonyl (C=O) groups is 2. The van der Waals surface area contributed by atoms with Crippen molar-refractivity contribution < 1.29 is 19.1 Å². The fourth-order valence-corrected chi connectivity index (χ4v) is 1.77. The number of aliphatic hydroxyl groups excluding tert-OH is 1. The van der Waals surface area contributed by atoms with Crippen LogP contribution in [0.15, 0.2) is 24.3 Å². The van der Waals surface area contributed by atoms with Crippen LogP contribution in [0, 0.1) is 5.82 Å². The lowest BCUT2D eigenvalue weighted by molar-refractivity contribution is -0.121. The summed E-state index contributed by atoms with van der Waals surface area (Å²) >= 11 is 0. The summed E-state index contributed by atoms with van der Waals surface area (Å²) in [5.74, 6) is -0.781. The summed E-state index contributed by atoms with van der Waals surface area (Å²) in [4.78, 5) is 23.2. The molecule has 0 bridgehead atoms. The maximum Gasteiger partial charge on any atom is 0.251 e. The lowest BCUT2D eigenvalue weighted by atomic mass is 10.2. The first-order chi connectivity index (χ1) is 10.0. The SMILES string of the molecule is CC(CCO)NC(=O)CCCNC(=O)c1ccc(F)cc1. The minimum absolute atomic E-state index is 0.0369. The van der Waals surface area contributed by atoms with Crippen molar-refractivity contribution in [3.05, 3.63) is 35.6 Å². The van der Waals surface area contributed by atoms with E-state index in [1.807, 2.05) is 6.92 Å². The van der Waals surface area contributed by atoms with Gasteiger partial charge < -0.3 is 15.7 Å². The van der Waals surface area contributed by atoms with E-state index >= 15 is 0 Å². The summed E-state index contributed by atoms with van der Waals surface area (Å²) in [6.07, 6.45) is 1.34. The summed E-state index contributed by atoms with van der Waals surface area (Å²) < 4.78 is 12.7. The molecule has 0 heterocycles. The predicted octanol–water partition coefficient (Wildman–Crippen LogP) is 1.22. The van der Waals surface area contributed by atoms with Gasteiger partial charge in [0.1, 0.15) is 5.82 Å². The fourth-order valence-electron chi connectivity index (χ4n) is 1.77. The van der Waals surface area contributed by atoms with Crippen LogP contribution in [-0.4, -0.2) is 36.1 Å². The summed E-state index contributed by atoms with van der Waals surface area (Å²) in [6.45, 7) is 2.23. The van der Waals surface area contributed by atoms with E-state index in [0.717, 1.165) is 0 Å². The van der Waals surface area contributed by atoms with Crippen molar-refractivity contribution in [2.75, 3.05) is 13.2 Å². The summed E-state index contributed by atoms with van der Waals surface area (Å²) in [6, 6.07) is 5.22. The van der Waals surface area contributed by atoms with Gasteiger partial charge >= 0.3 is 0 Å². The highest BCUT2D eigenvalue weighted by molar-refractivity contribution is 5.94. The average Bonchev–Trinajstić information content (AvgIpc) is 2.44. The van der Waals surface area contributed by atoms with E-state index in [-0.39, 0.29) is 30.3 Å². The van der Waals surface area contributed by atoms with Crippen molar-refractivity contribution in [3.63, 3.8) is 0 Å². The molecular weight excluding hydrogens is 275 g/mol. The van der Waals surface area contributed by atoms with Gasteiger partial charge in [0.15, 0.2) is 0 Å². The lowest BCUT2D eigenvalue weighted by Gasteiger charge is -2.12. The number of carbonyl (C=O) groups excluding carboxylic acids is 2. The highest BCUT2D eigenvalue weighted by atomic mass is 19.1. The van der Waals surface area contributed by atoms with E-state index in [9.17, 15) is 14.0 Å². The number of aliphatic hydroxyl groups is 1. The number of nitrogens with one attached hydrogen (secondary N) is 2. The molecule has 0 aromatic heterocycles. The van der Waals surface area contributed by atoms with Gasteiger partial charge in [-0.2, -0.15) is 0 Å². The number of amides is 2. The van der Waals surface area contributed by atoms with Gasteiger partial charge in [-0.3, -0.25) is 9.59 Å². The molecule has 0 saturated carbocycles. The summed E-state index contributed by atoms with van der Waals surface area (Å²) in [7, 11) is 0. The lowest BCUT2D eigenvalue weighted by Crippen LogP contribution is -2.33. The Morgan fingerprint density at radius 2 is 1.95 bits per heavy atom. The van der Waals surface area contributed by atoms with E-state index in [4.69, 9.17) is 5.11 Å². The van der Waals surface area contributed by atoms with Gasteiger partial charge in [0.05, 0.1) is 0 Å². The molecule has 116 valence electrons. The van der Waals surface area contributed by atoms with Crippen LogP contribution in [0.4, 0.5) is 4.39 Å². The van der Waals surface area contributed by atoms with E-state index < -0.39 is 0 Å². The molecule has 0 aliphatic heterocycles. The molecule has 5 nitrogen and oxygen atoms in total. The second-order valence-corrected chi connectivity index (χ2v) is 4.85. The third-order valence-corrected chi connectivity index (χ3v) is 2.94. The summed E-state index contributed by atoms with van der Waals surface area (Å²) in [5.41, 5.74) is 0.386. The largest absolute Gasteiger partial charge is 0.396 e. The molecule has 1 atom stereocenters. The van der Waals surface area contributed by atoms with Crippen molar-refractivity contribution in [1.29, 1.82) is 0 Å². The molecule has 0 fully saturated rings. The Bertz CT molecular complexity index is 462. The second-order valence-electron chi connectivity index (χ2n) is 4.85.